The maximum Gasteiger partial charge on any atom is 0.443 e. The summed E-state index contributed by atoms with van der Waals surface area (Å²) in [6.45, 7) is 1.85. The molecule has 0 spiro atoms. The van der Waals surface area contributed by atoms with Crippen molar-refractivity contribution in [3.63, 3.8) is 0 Å². The molecule has 3 rings (SSSR count). The highest BCUT2D eigenvalue weighted by molar-refractivity contribution is 7.19. The minimum absolute atomic E-state index is 0.320. The normalized spacial score (nSPS) is 12.0. The maximum absolute atomic E-state index is 11.7. The third-order valence-electron chi connectivity index (χ3n) is 3.13. The van der Waals surface area contributed by atoms with E-state index in [1.54, 1.807) is 23.5 Å². The Morgan fingerprint density at radius 1 is 1.09 bits per heavy atom. The van der Waals surface area contributed by atoms with Crippen molar-refractivity contribution in [2.24, 2.45) is 0 Å². The summed E-state index contributed by atoms with van der Waals surface area (Å²) in [6.07, 6.45) is -0.960. The first-order chi connectivity index (χ1) is 10.7. The standard InChI is InChI=1S/C17H15NO3S/c1-12(16-11-13-7-5-6-10-15(13)22-16)20-21-17(19)18-14-8-3-2-4-9-14/h2-12H,1H3,(H,18,19). The molecule has 1 amide bonds. The van der Waals surface area contributed by atoms with Gasteiger partial charge in [-0.15, -0.1) is 11.3 Å². The van der Waals surface area contributed by atoms with Gasteiger partial charge in [0, 0.05) is 15.3 Å². The van der Waals surface area contributed by atoms with Gasteiger partial charge in [-0.3, -0.25) is 10.2 Å². The Kier molecular flexibility index (Phi) is 4.37. The maximum atomic E-state index is 11.7. The minimum Gasteiger partial charge on any atom is -0.289 e. The van der Waals surface area contributed by atoms with Crippen molar-refractivity contribution in [3.8, 4) is 0 Å². The molecule has 1 atom stereocenters. The van der Waals surface area contributed by atoms with Crippen molar-refractivity contribution in [1.29, 1.82) is 0 Å². The lowest BCUT2D eigenvalue weighted by Gasteiger charge is -2.10. The molecule has 0 saturated heterocycles. The number of hydrogen-bond acceptors (Lipinski definition) is 4. The molecule has 3 aromatic rings. The SMILES string of the molecule is CC(OOC(=O)Nc1ccccc1)c1cc2ccccc2s1. The van der Waals surface area contributed by atoms with Crippen LogP contribution < -0.4 is 5.32 Å². The van der Waals surface area contributed by atoms with Gasteiger partial charge < -0.3 is 0 Å². The van der Waals surface area contributed by atoms with E-state index in [1.807, 2.05) is 49.4 Å². The van der Waals surface area contributed by atoms with Gasteiger partial charge in [-0.05, 0) is 36.6 Å². The molecule has 0 bridgehead atoms. The molecule has 0 aliphatic rings. The van der Waals surface area contributed by atoms with Gasteiger partial charge in [0.1, 0.15) is 6.10 Å². The molecule has 1 unspecified atom stereocenters. The van der Waals surface area contributed by atoms with Crippen molar-refractivity contribution >= 4 is 33.2 Å². The Hall–Kier alpha value is -2.37. The number of para-hydroxylation sites is 1. The van der Waals surface area contributed by atoms with Gasteiger partial charge in [0.05, 0.1) is 0 Å². The number of amides is 1. The molecular formula is C17H15NO3S. The Balaban J connectivity index is 1.57. The second kappa shape index (κ2) is 6.60. The van der Waals surface area contributed by atoms with Crippen molar-refractivity contribution < 1.29 is 14.6 Å². The van der Waals surface area contributed by atoms with E-state index in [0.717, 1.165) is 10.3 Å². The van der Waals surface area contributed by atoms with Crippen LogP contribution in [-0.4, -0.2) is 6.09 Å². The molecule has 0 fully saturated rings. The third kappa shape index (κ3) is 3.44. The number of hydrogen-bond donors (Lipinski definition) is 1. The second-order valence-corrected chi connectivity index (χ2v) is 5.90. The van der Waals surface area contributed by atoms with E-state index in [9.17, 15) is 4.79 Å². The first-order valence-electron chi connectivity index (χ1n) is 6.90. The summed E-state index contributed by atoms with van der Waals surface area (Å²) in [7, 11) is 0. The predicted octanol–water partition coefficient (Wildman–Crippen LogP) is 5.14. The number of carbonyl (C=O) groups is 1. The molecule has 0 aliphatic heterocycles. The molecule has 4 nitrogen and oxygen atoms in total. The quantitative estimate of drug-likeness (QED) is 0.535. The zero-order valence-electron chi connectivity index (χ0n) is 12.0. The zero-order chi connectivity index (χ0) is 15.4. The first kappa shape index (κ1) is 14.6. The van der Waals surface area contributed by atoms with Gasteiger partial charge in [-0.2, -0.15) is 4.89 Å². The van der Waals surface area contributed by atoms with Crippen LogP contribution in [0.25, 0.3) is 10.1 Å². The van der Waals surface area contributed by atoms with Gasteiger partial charge >= 0.3 is 6.09 Å². The van der Waals surface area contributed by atoms with Gasteiger partial charge in [-0.1, -0.05) is 36.4 Å². The number of anilines is 1. The smallest absolute Gasteiger partial charge is 0.289 e. The van der Waals surface area contributed by atoms with Crippen LogP contribution in [0.5, 0.6) is 0 Å². The summed E-state index contributed by atoms with van der Waals surface area (Å²) in [5.41, 5.74) is 0.658. The lowest BCUT2D eigenvalue weighted by atomic mass is 10.2. The van der Waals surface area contributed by atoms with Gasteiger partial charge in [0.2, 0.25) is 0 Å². The minimum atomic E-state index is -0.640. The van der Waals surface area contributed by atoms with Crippen LogP contribution in [0.1, 0.15) is 17.9 Å². The topological polar surface area (TPSA) is 47.6 Å². The van der Waals surface area contributed by atoms with Crippen LogP contribution in [-0.2, 0) is 9.78 Å². The average molecular weight is 313 g/mol. The Labute approximate surface area is 132 Å². The first-order valence-corrected chi connectivity index (χ1v) is 7.72. The molecule has 2 aromatic carbocycles. The average Bonchev–Trinajstić information content (AvgIpc) is 2.98. The predicted molar refractivity (Wildman–Crippen MR) is 87.9 cm³/mol. The molecule has 0 aliphatic carbocycles. The summed E-state index contributed by atoms with van der Waals surface area (Å²) in [5.74, 6) is 0. The van der Waals surface area contributed by atoms with Crippen molar-refractivity contribution in [2.45, 2.75) is 13.0 Å². The van der Waals surface area contributed by atoms with Crippen molar-refractivity contribution in [2.75, 3.05) is 5.32 Å². The van der Waals surface area contributed by atoms with E-state index in [0.29, 0.717) is 5.69 Å². The summed E-state index contributed by atoms with van der Waals surface area (Å²) >= 11 is 1.62. The van der Waals surface area contributed by atoms with Crippen LogP contribution in [0.15, 0.2) is 60.7 Å². The second-order valence-electron chi connectivity index (χ2n) is 4.79. The number of nitrogens with one attached hydrogen (secondary N) is 1. The van der Waals surface area contributed by atoms with E-state index in [1.165, 1.54) is 4.70 Å². The number of benzene rings is 2. The highest BCUT2D eigenvalue weighted by Gasteiger charge is 2.13. The molecule has 0 radical (unpaired) electrons. The number of carbonyl (C=O) groups excluding carboxylic acids is 1. The van der Waals surface area contributed by atoms with E-state index < -0.39 is 6.09 Å². The molecule has 22 heavy (non-hydrogen) atoms. The van der Waals surface area contributed by atoms with Crippen molar-refractivity contribution in [3.05, 3.63) is 65.5 Å². The Morgan fingerprint density at radius 2 is 1.82 bits per heavy atom. The lowest BCUT2D eigenvalue weighted by Crippen LogP contribution is -2.15. The molecule has 0 saturated carbocycles. The van der Waals surface area contributed by atoms with E-state index in [-0.39, 0.29) is 6.10 Å². The number of thiophene rings is 1. The Bertz CT molecular complexity index is 737. The number of rotatable bonds is 4. The molecular weight excluding hydrogens is 298 g/mol. The fraction of sp³-hybridized carbons (Fsp3) is 0.118. The van der Waals surface area contributed by atoms with E-state index >= 15 is 0 Å². The van der Waals surface area contributed by atoms with Crippen LogP contribution in [0, 0.1) is 0 Å². The largest absolute Gasteiger partial charge is 0.443 e. The lowest BCUT2D eigenvalue weighted by molar-refractivity contribution is -0.267. The molecule has 112 valence electrons. The fourth-order valence-electron chi connectivity index (χ4n) is 2.03. The van der Waals surface area contributed by atoms with Crippen LogP contribution >= 0.6 is 11.3 Å². The van der Waals surface area contributed by atoms with Crippen LogP contribution in [0.4, 0.5) is 10.5 Å². The van der Waals surface area contributed by atoms with E-state index in [2.05, 4.69) is 11.4 Å². The van der Waals surface area contributed by atoms with E-state index in [4.69, 9.17) is 9.78 Å². The molecule has 1 heterocycles. The van der Waals surface area contributed by atoms with Crippen LogP contribution in [0.2, 0.25) is 0 Å². The van der Waals surface area contributed by atoms with Gasteiger partial charge in [-0.25, -0.2) is 4.79 Å². The Morgan fingerprint density at radius 3 is 2.59 bits per heavy atom. The summed E-state index contributed by atoms with van der Waals surface area (Å²) in [6, 6.07) is 19.2. The highest BCUT2D eigenvalue weighted by Crippen LogP contribution is 2.31. The van der Waals surface area contributed by atoms with Crippen molar-refractivity contribution in [1.82, 2.24) is 0 Å². The third-order valence-corrected chi connectivity index (χ3v) is 4.41. The summed E-state index contributed by atoms with van der Waals surface area (Å²) in [5, 5.41) is 3.75. The van der Waals surface area contributed by atoms with Gasteiger partial charge in [0.15, 0.2) is 0 Å². The summed E-state index contributed by atoms with van der Waals surface area (Å²) < 4.78 is 1.18. The van der Waals surface area contributed by atoms with Crippen LogP contribution in [0.3, 0.4) is 0 Å². The monoisotopic (exact) mass is 313 g/mol. The van der Waals surface area contributed by atoms with Gasteiger partial charge in [0.25, 0.3) is 0 Å². The summed E-state index contributed by atoms with van der Waals surface area (Å²) in [4.78, 5) is 22.7. The fourth-order valence-corrected chi connectivity index (χ4v) is 3.06. The highest BCUT2D eigenvalue weighted by atomic mass is 32.1. The zero-order valence-corrected chi connectivity index (χ0v) is 12.8. The number of fused-ring (bicyclic) bond motifs is 1. The molecule has 1 aromatic heterocycles. The molecule has 5 heteroatoms. The molecule has 1 N–H and O–H groups in total.